The van der Waals surface area contributed by atoms with Gasteiger partial charge < -0.3 is 0 Å². The second-order valence-corrected chi connectivity index (χ2v) is 2.90. The van der Waals surface area contributed by atoms with E-state index in [9.17, 15) is 9.59 Å². The lowest BCUT2D eigenvalue weighted by Gasteiger charge is -1.96. The van der Waals surface area contributed by atoms with Gasteiger partial charge in [0.05, 0.1) is 5.92 Å². The van der Waals surface area contributed by atoms with E-state index in [1.54, 1.807) is 6.08 Å². The molecule has 1 aliphatic heterocycles. The first-order chi connectivity index (χ1) is 5.09. The molecule has 0 aromatic carbocycles. The molecule has 0 spiro atoms. The van der Waals surface area contributed by atoms with E-state index in [1.165, 1.54) is 0 Å². The maximum absolute atomic E-state index is 10.9. The van der Waals surface area contributed by atoms with E-state index in [2.05, 4.69) is 5.32 Å². The largest absolute Gasteiger partial charge is 0.272 e. The highest BCUT2D eigenvalue weighted by Gasteiger charge is 2.30. The van der Waals surface area contributed by atoms with Crippen LogP contribution in [0.2, 0.25) is 0 Å². The zero-order valence-corrected chi connectivity index (χ0v) is 6.63. The van der Waals surface area contributed by atoms with E-state index in [0.29, 0.717) is 0 Å². The van der Waals surface area contributed by atoms with E-state index >= 15 is 0 Å². The minimum Gasteiger partial charge on any atom is -0.272 e. The first-order valence-corrected chi connectivity index (χ1v) is 3.53. The quantitative estimate of drug-likeness (QED) is 0.408. The number of amides is 2. The Morgan fingerprint density at radius 2 is 2.18 bits per heavy atom. The van der Waals surface area contributed by atoms with Crippen molar-refractivity contribution in [2.75, 3.05) is 0 Å². The van der Waals surface area contributed by atoms with Gasteiger partial charge in [0.1, 0.15) is 0 Å². The van der Waals surface area contributed by atoms with E-state index in [0.717, 1.165) is 5.57 Å². The van der Waals surface area contributed by atoms with Crippen molar-refractivity contribution in [3.63, 3.8) is 0 Å². The molecule has 59 valence electrons. The molecule has 0 saturated carbocycles. The molecule has 3 nitrogen and oxygen atoms in total. The van der Waals surface area contributed by atoms with Gasteiger partial charge in [0.15, 0.2) is 0 Å². The van der Waals surface area contributed by atoms with E-state index in [1.807, 2.05) is 13.8 Å². The van der Waals surface area contributed by atoms with Gasteiger partial charge in [0, 0.05) is 6.42 Å². The third-order valence-corrected chi connectivity index (χ3v) is 1.48. The summed E-state index contributed by atoms with van der Waals surface area (Å²) in [5, 5.41) is 3.30. The van der Waals surface area contributed by atoms with Crippen molar-refractivity contribution in [1.29, 1.82) is 0 Å². The van der Waals surface area contributed by atoms with Gasteiger partial charge in [0.2, 0.25) is 5.91 Å². The number of carbonyl (C=O) groups excluding carboxylic acids is 2. The highest BCUT2D eigenvalue weighted by molar-refractivity contribution is 6.03. The lowest BCUT2D eigenvalue weighted by Crippen LogP contribution is -2.13. The second-order valence-electron chi connectivity index (χ2n) is 2.90. The summed E-state index contributed by atoms with van der Waals surface area (Å²) in [6, 6.07) is 0. The zero-order chi connectivity index (χ0) is 8.43. The number of carbonyl (C=O) groups is 2. The summed E-state index contributed by atoms with van der Waals surface area (Å²) in [6.45, 7) is 3.80. The van der Waals surface area contributed by atoms with Crippen LogP contribution in [0.15, 0.2) is 11.6 Å². The van der Waals surface area contributed by atoms with Gasteiger partial charge in [-0.05, 0) is 13.8 Å². The average molecular weight is 152 g/mol. The molecular weight excluding hydrogens is 142 g/mol. The molecule has 0 aromatic rings. The maximum atomic E-state index is 10.9. The second kappa shape index (κ2) is 2.86. The lowest BCUT2D eigenvalue weighted by atomic mass is 10.1. The SMILES string of the molecule is CC(C)=CC1CC(=O)[N]C1=O. The van der Waals surface area contributed by atoms with Crippen LogP contribution in [0, 0.1) is 5.92 Å². The Hall–Kier alpha value is -1.12. The highest BCUT2D eigenvalue weighted by Crippen LogP contribution is 2.14. The molecule has 1 unspecified atom stereocenters. The summed E-state index contributed by atoms with van der Waals surface area (Å²) in [5.74, 6) is -0.874. The smallest absolute Gasteiger partial charge is 0.256 e. The van der Waals surface area contributed by atoms with Crippen molar-refractivity contribution >= 4 is 11.8 Å². The number of rotatable bonds is 1. The van der Waals surface area contributed by atoms with E-state index in [4.69, 9.17) is 0 Å². The summed E-state index contributed by atoms with van der Waals surface area (Å²) >= 11 is 0. The maximum Gasteiger partial charge on any atom is 0.256 e. The van der Waals surface area contributed by atoms with Crippen LogP contribution >= 0.6 is 0 Å². The predicted octanol–water partition coefficient (Wildman–Crippen LogP) is 0.630. The van der Waals surface area contributed by atoms with Crippen LogP contribution in [-0.4, -0.2) is 11.8 Å². The molecule has 2 amide bonds. The molecule has 0 N–H and O–H groups in total. The number of imide groups is 1. The van der Waals surface area contributed by atoms with Crippen LogP contribution in [0.25, 0.3) is 0 Å². The lowest BCUT2D eigenvalue weighted by molar-refractivity contribution is -0.125. The first kappa shape index (κ1) is 7.98. The van der Waals surface area contributed by atoms with E-state index in [-0.39, 0.29) is 24.2 Å². The van der Waals surface area contributed by atoms with Crippen molar-refractivity contribution in [3.05, 3.63) is 11.6 Å². The van der Waals surface area contributed by atoms with Gasteiger partial charge in [0.25, 0.3) is 5.91 Å². The Bertz CT molecular complexity index is 226. The van der Waals surface area contributed by atoms with Crippen molar-refractivity contribution in [2.24, 2.45) is 5.92 Å². The molecule has 1 aliphatic rings. The molecule has 1 rings (SSSR count). The van der Waals surface area contributed by atoms with Crippen LogP contribution in [0.3, 0.4) is 0 Å². The van der Waals surface area contributed by atoms with E-state index < -0.39 is 0 Å². The molecule has 0 bridgehead atoms. The van der Waals surface area contributed by atoms with Gasteiger partial charge in [-0.25, -0.2) is 0 Å². The molecule has 0 aromatic heterocycles. The first-order valence-electron chi connectivity index (χ1n) is 3.53. The van der Waals surface area contributed by atoms with Gasteiger partial charge in [-0.2, -0.15) is 5.32 Å². The average Bonchev–Trinajstić information content (AvgIpc) is 2.09. The third kappa shape index (κ3) is 1.90. The summed E-state index contributed by atoms with van der Waals surface area (Å²) in [4.78, 5) is 21.5. The van der Waals surface area contributed by atoms with Crippen LogP contribution in [0.1, 0.15) is 20.3 Å². The monoisotopic (exact) mass is 152 g/mol. The molecule has 3 heteroatoms. The molecule has 0 aliphatic carbocycles. The molecular formula is C8H10NO2. The number of hydrogen-bond donors (Lipinski definition) is 0. The van der Waals surface area contributed by atoms with Crippen molar-refractivity contribution in [2.45, 2.75) is 20.3 Å². The third-order valence-electron chi connectivity index (χ3n) is 1.48. The van der Waals surface area contributed by atoms with Gasteiger partial charge in [-0.3, -0.25) is 9.59 Å². The molecule has 1 radical (unpaired) electrons. The Morgan fingerprint density at radius 1 is 1.55 bits per heavy atom. The van der Waals surface area contributed by atoms with Crippen molar-refractivity contribution in [1.82, 2.24) is 5.32 Å². The topological polar surface area (TPSA) is 48.2 Å². The Balaban J connectivity index is 2.68. The van der Waals surface area contributed by atoms with Crippen LogP contribution in [-0.2, 0) is 9.59 Å². The fourth-order valence-electron chi connectivity index (χ4n) is 1.06. The molecule has 1 atom stereocenters. The molecule has 1 fully saturated rings. The van der Waals surface area contributed by atoms with Crippen LogP contribution < -0.4 is 5.32 Å². The van der Waals surface area contributed by atoms with Crippen LogP contribution in [0.5, 0.6) is 0 Å². The summed E-state index contributed by atoms with van der Waals surface area (Å²) in [5.41, 5.74) is 1.05. The molecule has 1 saturated heterocycles. The Kier molecular flexibility index (Phi) is 2.08. The number of hydrogen-bond acceptors (Lipinski definition) is 2. The Morgan fingerprint density at radius 3 is 2.55 bits per heavy atom. The standard InChI is InChI=1S/C8H10NO2/c1-5(2)3-6-4-7(10)9-8(6)11/h3,6H,4H2,1-2H3. The number of nitrogens with zero attached hydrogens (tertiary/aromatic N) is 1. The summed E-state index contributed by atoms with van der Waals surface area (Å²) < 4.78 is 0. The predicted molar refractivity (Wildman–Crippen MR) is 39.7 cm³/mol. The summed E-state index contributed by atoms with van der Waals surface area (Å²) in [6.07, 6.45) is 2.04. The highest BCUT2D eigenvalue weighted by atomic mass is 16.2. The minimum atomic E-state index is -0.295. The molecule has 1 heterocycles. The summed E-state index contributed by atoms with van der Waals surface area (Å²) in [7, 11) is 0. The normalized spacial score (nSPS) is 23.3. The fraction of sp³-hybridized carbons (Fsp3) is 0.500. The fourth-order valence-corrected chi connectivity index (χ4v) is 1.06. The number of allylic oxidation sites excluding steroid dienone is 1. The van der Waals surface area contributed by atoms with Gasteiger partial charge in [-0.15, -0.1) is 0 Å². The molecule has 11 heavy (non-hydrogen) atoms. The van der Waals surface area contributed by atoms with Gasteiger partial charge >= 0.3 is 0 Å². The van der Waals surface area contributed by atoms with Crippen molar-refractivity contribution in [3.8, 4) is 0 Å². The Labute approximate surface area is 65.5 Å². The van der Waals surface area contributed by atoms with Crippen LogP contribution in [0.4, 0.5) is 0 Å². The minimum absolute atomic E-state index is 0.254. The van der Waals surface area contributed by atoms with Crippen molar-refractivity contribution < 1.29 is 9.59 Å². The zero-order valence-electron chi connectivity index (χ0n) is 6.63. The van der Waals surface area contributed by atoms with Gasteiger partial charge in [-0.1, -0.05) is 11.6 Å².